The zero-order chi connectivity index (χ0) is 9.10. The summed E-state index contributed by atoms with van der Waals surface area (Å²) in [4.78, 5) is 7.02. The number of hydrogen-bond acceptors (Lipinski definition) is 4. The molecule has 0 aliphatic rings. The second kappa shape index (κ2) is 3.32. The number of aliphatic hydroxyl groups is 1. The van der Waals surface area contributed by atoms with Crippen molar-refractivity contribution in [1.82, 2.24) is 20.2 Å². The first-order chi connectivity index (χ1) is 6.40. The third kappa shape index (κ3) is 1.54. The number of imidazole rings is 1. The zero-order valence-electron chi connectivity index (χ0n) is 6.81. The van der Waals surface area contributed by atoms with Gasteiger partial charge in [0.25, 0.3) is 0 Å². The van der Waals surface area contributed by atoms with Crippen molar-refractivity contribution in [3.63, 3.8) is 0 Å². The van der Waals surface area contributed by atoms with E-state index in [9.17, 15) is 0 Å². The van der Waals surface area contributed by atoms with Crippen molar-refractivity contribution in [1.29, 1.82) is 0 Å². The van der Waals surface area contributed by atoms with Crippen LogP contribution in [0.3, 0.4) is 0 Å². The van der Waals surface area contributed by atoms with Gasteiger partial charge in [0, 0.05) is 5.56 Å². The Morgan fingerprint density at radius 1 is 1.31 bits per heavy atom. The van der Waals surface area contributed by atoms with Gasteiger partial charge in [-0.3, -0.25) is 0 Å². The van der Waals surface area contributed by atoms with E-state index in [1.165, 1.54) is 0 Å². The van der Waals surface area contributed by atoms with Crippen molar-refractivity contribution in [2.45, 2.75) is 6.61 Å². The summed E-state index contributed by atoms with van der Waals surface area (Å²) in [6, 6.07) is 1.80. The summed E-state index contributed by atoms with van der Waals surface area (Å²) in [5.74, 6) is 0.693. The molecule has 2 N–H and O–H groups in total. The van der Waals surface area contributed by atoms with E-state index >= 15 is 0 Å². The van der Waals surface area contributed by atoms with Gasteiger partial charge < -0.3 is 10.1 Å². The molecule has 0 saturated carbocycles. The lowest BCUT2D eigenvalue weighted by molar-refractivity contribution is 0.277. The highest BCUT2D eigenvalue weighted by molar-refractivity contribution is 5.52. The molecule has 0 aliphatic carbocycles. The summed E-state index contributed by atoms with van der Waals surface area (Å²) in [5.41, 5.74) is 1.54. The Morgan fingerprint density at radius 3 is 2.85 bits per heavy atom. The van der Waals surface area contributed by atoms with Crippen LogP contribution in [0.5, 0.6) is 0 Å². The van der Waals surface area contributed by atoms with Crippen LogP contribution in [-0.2, 0) is 6.61 Å². The van der Waals surface area contributed by atoms with Crippen molar-refractivity contribution in [3.8, 4) is 11.4 Å². The largest absolute Gasteiger partial charge is 0.390 e. The van der Waals surface area contributed by atoms with Crippen molar-refractivity contribution in [3.05, 3.63) is 30.4 Å². The monoisotopic (exact) mass is 176 g/mol. The Balaban J connectivity index is 2.36. The van der Waals surface area contributed by atoms with Crippen molar-refractivity contribution in [2.75, 3.05) is 0 Å². The van der Waals surface area contributed by atoms with Crippen LogP contribution in [0, 0.1) is 0 Å². The van der Waals surface area contributed by atoms with Crippen LogP contribution in [0.25, 0.3) is 11.4 Å². The number of nitrogens with one attached hydrogen (secondary N) is 1. The van der Waals surface area contributed by atoms with E-state index in [1.807, 2.05) is 0 Å². The molecule has 13 heavy (non-hydrogen) atoms. The number of nitrogens with zero attached hydrogens (tertiary/aromatic N) is 3. The van der Waals surface area contributed by atoms with Gasteiger partial charge in [-0.2, -0.15) is 10.2 Å². The molecule has 2 aromatic heterocycles. The lowest BCUT2D eigenvalue weighted by atomic mass is 10.3. The molecule has 0 atom stereocenters. The second-order valence-electron chi connectivity index (χ2n) is 2.55. The molecule has 0 aromatic carbocycles. The maximum atomic E-state index is 8.80. The molecule has 0 spiro atoms. The molecule has 2 heterocycles. The molecular formula is C8H8N4O. The molecule has 2 aromatic rings. The topological polar surface area (TPSA) is 74.7 Å². The van der Waals surface area contributed by atoms with Crippen LogP contribution in [0.2, 0.25) is 0 Å². The molecule has 0 aliphatic heterocycles. The standard InChI is InChI=1S/C8H8N4O/c13-5-7-4-9-8(12-7)6-1-2-10-11-3-6/h1-4,13H,5H2,(H,9,12). The number of aromatic nitrogens is 4. The maximum absolute atomic E-state index is 8.80. The minimum Gasteiger partial charge on any atom is -0.390 e. The fourth-order valence-corrected chi connectivity index (χ4v) is 1.02. The fraction of sp³-hybridized carbons (Fsp3) is 0.125. The molecule has 5 nitrogen and oxygen atoms in total. The highest BCUT2D eigenvalue weighted by Gasteiger charge is 2.01. The molecule has 0 saturated heterocycles. The van der Waals surface area contributed by atoms with E-state index < -0.39 is 0 Å². The quantitative estimate of drug-likeness (QED) is 0.692. The Bertz CT molecular complexity index is 384. The van der Waals surface area contributed by atoms with Gasteiger partial charge in [-0.25, -0.2) is 4.98 Å². The average molecular weight is 176 g/mol. The van der Waals surface area contributed by atoms with E-state index in [4.69, 9.17) is 5.11 Å². The molecular weight excluding hydrogens is 168 g/mol. The van der Waals surface area contributed by atoms with Gasteiger partial charge in [-0.1, -0.05) is 0 Å². The summed E-state index contributed by atoms with van der Waals surface area (Å²) in [5, 5.41) is 16.2. The molecule has 0 radical (unpaired) electrons. The Morgan fingerprint density at radius 2 is 2.23 bits per heavy atom. The van der Waals surface area contributed by atoms with Crippen LogP contribution in [0.4, 0.5) is 0 Å². The second-order valence-corrected chi connectivity index (χ2v) is 2.55. The van der Waals surface area contributed by atoms with E-state index in [2.05, 4.69) is 20.2 Å². The summed E-state index contributed by atoms with van der Waals surface area (Å²) >= 11 is 0. The number of H-pyrrole nitrogens is 1. The van der Waals surface area contributed by atoms with Gasteiger partial charge in [0.2, 0.25) is 0 Å². The summed E-state index contributed by atoms with van der Waals surface area (Å²) < 4.78 is 0. The highest BCUT2D eigenvalue weighted by atomic mass is 16.3. The third-order valence-corrected chi connectivity index (χ3v) is 1.66. The smallest absolute Gasteiger partial charge is 0.139 e. The van der Waals surface area contributed by atoms with Crippen LogP contribution in [-0.4, -0.2) is 25.3 Å². The number of rotatable bonds is 2. The van der Waals surface area contributed by atoms with Crippen LogP contribution in [0.15, 0.2) is 24.7 Å². The average Bonchev–Trinajstić information content (AvgIpc) is 2.67. The molecule has 0 bridgehead atoms. The summed E-state index contributed by atoms with van der Waals surface area (Å²) in [6.07, 6.45) is 4.80. The summed E-state index contributed by atoms with van der Waals surface area (Å²) in [7, 11) is 0. The van der Waals surface area contributed by atoms with E-state index in [1.54, 1.807) is 24.7 Å². The van der Waals surface area contributed by atoms with Crippen LogP contribution < -0.4 is 0 Å². The van der Waals surface area contributed by atoms with Gasteiger partial charge in [-0.15, -0.1) is 0 Å². The minimum absolute atomic E-state index is 0.0362. The molecule has 2 rings (SSSR count). The van der Waals surface area contributed by atoms with Gasteiger partial charge in [0.05, 0.1) is 30.9 Å². The first-order valence-corrected chi connectivity index (χ1v) is 3.82. The number of aliphatic hydroxyl groups excluding tert-OH is 1. The Kier molecular flexibility index (Phi) is 2.01. The molecule has 0 fully saturated rings. The van der Waals surface area contributed by atoms with E-state index in [-0.39, 0.29) is 6.61 Å². The first-order valence-electron chi connectivity index (χ1n) is 3.82. The normalized spacial score (nSPS) is 10.2. The molecule has 66 valence electrons. The van der Waals surface area contributed by atoms with Gasteiger partial charge in [0.15, 0.2) is 0 Å². The van der Waals surface area contributed by atoms with Crippen molar-refractivity contribution < 1.29 is 5.11 Å². The van der Waals surface area contributed by atoms with Crippen molar-refractivity contribution >= 4 is 0 Å². The zero-order valence-corrected chi connectivity index (χ0v) is 6.81. The highest BCUT2D eigenvalue weighted by Crippen LogP contribution is 2.12. The van der Waals surface area contributed by atoms with Crippen LogP contribution >= 0.6 is 0 Å². The lowest BCUT2D eigenvalue weighted by Crippen LogP contribution is -1.85. The van der Waals surface area contributed by atoms with Crippen molar-refractivity contribution in [2.24, 2.45) is 0 Å². The van der Waals surface area contributed by atoms with Crippen LogP contribution in [0.1, 0.15) is 5.69 Å². The lowest BCUT2D eigenvalue weighted by Gasteiger charge is -1.92. The van der Waals surface area contributed by atoms with E-state index in [0.29, 0.717) is 11.5 Å². The maximum Gasteiger partial charge on any atom is 0.139 e. The first kappa shape index (κ1) is 7.88. The molecule has 0 amide bonds. The van der Waals surface area contributed by atoms with E-state index in [0.717, 1.165) is 5.56 Å². The molecule has 0 unspecified atom stereocenters. The number of aromatic amines is 1. The Hall–Kier alpha value is -1.75. The minimum atomic E-state index is -0.0362. The Labute approximate surface area is 74.5 Å². The predicted octanol–water partition coefficient (Wildman–Crippen LogP) is 0.359. The predicted molar refractivity (Wildman–Crippen MR) is 45.5 cm³/mol. The fourth-order valence-electron chi connectivity index (χ4n) is 1.02. The summed E-state index contributed by atoms with van der Waals surface area (Å²) in [6.45, 7) is -0.0362. The SMILES string of the molecule is OCc1cnc(-c2ccnnc2)[nH]1. The molecule has 5 heteroatoms. The third-order valence-electron chi connectivity index (χ3n) is 1.66. The van der Waals surface area contributed by atoms with Gasteiger partial charge in [-0.05, 0) is 6.07 Å². The van der Waals surface area contributed by atoms with Gasteiger partial charge >= 0.3 is 0 Å². The number of hydrogen-bond donors (Lipinski definition) is 2. The van der Waals surface area contributed by atoms with Gasteiger partial charge in [0.1, 0.15) is 5.82 Å².